The molecule has 0 unspecified atom stereocenters. The molecular weight excluding hydrogens is 483 g/mol. The summed E-state index contributed by atoms with van der Waals surface area (Å²) >= 11 is 0. The number of carbonyl (C=O) groups is 3. The van der Waals surface area contributed by atoms with Crippen molar-refractivity contribution in [1.29, 1.82) is 0 Å². The Kier molecular flexibility index (Phi) is 6.81. The molecule has 1 aliphatic rings. The van der Waals surface area contributed by atoms with Crippen molar-refractivity contribution in [3.63, 3.8) is 0 Å². The number of amides is 4. The summed E-state index contributed by atoms with van der Waals surface area (Å²) in [6.45, 7) is 7.63. The molecule has 4 amide bonds. The van der Waals surface area contributed by atoms with Gasteiger partial charge in [-0.2, -0.15) is 0 Å². The third kappa shape index (κ3) is 5.13. The fourth-order valence-electron chi connectivity index (χ4n) is 4.57. The van der Waals surface area contributed by atoms with Crippen molar-refractivity contribution in [3.8, 4) is 0 Å². The van der Waals surface area contributed by atoms with Crippen molar-refractivity contribution < 1.29 is 24.4 Å². The Morgan fingerprint density at radius 2 is 1.47 bits per heavy atom. The fourth-order valence-corrected chi connectivity index (χ4v) is 4.57. The van der Waals surface area contributed by atoms with Crippen LogP contribution in [0.25, 0.3) is 0 Å². The zero-order valence-electron chi connectivity index (χ0n) is 22.4. The number of fused-ring (bicyclic) bond motifs is 1. The van der Waals surface area contributed by atoms with Crippen molar-refractivity contribution in [2.24, 2.45) is 0 Å². The largest absolute Gasteiger partial charge is 0.561 e. The predicted octanol–water partition coefficient (Wildman–Crippen LogP) is 3.38. The molecule has 4 N–H and O–H groups in total. The van der Waals surface area contributed by atoms with Gasteiger partial charge in [-0.15, -0.1) is 5.46 Å². The van der Waals surface area contributed by atoms with Crippen molar-refractivity contribution >= 4 is 41.4 Å². The molecule has 0 radical (unpaired) electrons. The third-order valence-electron chi connectivity index (χ3n) is 6.42. The average Bonchev–Trinajstić information content (AvgIpc) is 2.81. The van der Waals surface area contributed by atoms with Gasteiger partial charge in [-0.05, 0) is 71.9 Å². The number of hydrazine groups is 1. The maximum absolute atomic E-state index is 13.4. The van der Waals surface area contributed by atoms with Gasteiger partial charge in [0.1, 0.15) is 0 Å². The smallest absolute Gasteiger partial charge is 0.380 e. The van der Waals surface area contributed by atoms with E-state index in [1.165, 1.54) is 23.2 Å². The summed E-state index contributed by atoms with van der Waals surface area (Å²) in [7, 11) is 0. The Balaban J connectivity index is 1.63. The number of nitrogens with zero attached hydrogens (tertiary/aromatic N) is 2. The van der Waals surface area contributed by atoms with Crippen LogP contribution in [0.4, 0.5) is 16.2 Å². The molecule has 9 nitrogen and oxygen atoms in total. The minimum absolute atomic E-state index is 0.0562. The molecule has 1 aliphatic heterocycles. The van der Waals surface area contributed by atoms with Gasteiger partial charge in [0, 0.05) is 22.5 Å². The summed E-state index contributed by atoms with van der Waals surface area (Å²) in [6, 6.07) is 15.7. The molecule has 0 saturated carbocycles. The SMILES string of the molecule is Cc1ccc(N2C(=O)Nc3cc(C(=O)NN(C(=O)c4cc(C)cc(C)c4)C(C)(C)C)ccc3[B-]2(O)O)cc1. The van der Waals surface area contributed by atoms with Crippen LogP contribution in [0.3, 0.4) is 0 Å². The molecule has 0 atom stereocenters. The van der Waals surface area contributed by atoms with Crippen LogP contribution in [0.2, 0.25) is 0 Å². The number of anilines is 2. The van der Waals surface area contributed by atoms with Gasteiger partial charge in [0.05, 0.1) is 5.54 Å². The van der Waals surface area contributed by atoms with Crippen LogP contribution in [-0.4, -0.2) is 45.1 Å². The summed E-state index contributed by atoms with van der Waals surface area (Å²) in [6.07, 6.45) is 0. The second-order valence-electron chi connectivity index (χ2n) is 10.8. The first-order valence-corrected chi connectivity index (χ1v) is 12.3. The highest BCUT2D eigenvalue weighted by Gasteiger charge is 2.40. The quantitative estimate of drug-likeness (QED) is 0.315. The van der Waals surface area contributed by atoms with Crippen molar-refractivity contribution in [2.45, 2.75) is 47.1 Å². The van der Waals surface area contributed by atoms with E-state index in [1.54, 1.807) is 57.2 Å². The van der Waals surface area contributed by atoms with E-state index in [0.29, 0.717) is 11.3 Å². The highest BCUT2D eigenvalue weighted by Crippen LogP contribution is 2.27. The van der Waals surface area contributed by atoms with Gasteiger partial charge in [-0.1, -0.05) is 47.0 Å². The van der Waals surface area contributed by atoms with Crippen LogP contribution < -0.4 is 21.0 Å². The summed E-state index contributed by atoms with van der Waals surface area (Å²) in [5.74, 6) is -0.963. The van der Waals surface area contributed by atoms with E-state index in [2.05, 4.69) is 10.7 Å². The van der Waals surface area contributed by atoms with Crippen LogP contribution in [-0.2, 0) is 0 Å². The van der Waals surface area contributed by atoms with Crippen molar-refractivity contribution in [3.05, 3.63) is 88.5 Å². The molecule has 198 valence electrons. The summed E-state index contributed by atoms with van der Waals surface area (Å²) in [5.41, 5.74) is 5.79. The van der Waals surface area contributed by atoms with E-state index in [4.69, 9.17) is 0 Å². The van der Waals surface area contributed by atoms with Gasteiger partial charge >= 0.3 is 6.69 Å². The van der Waals surface area contributed by atoms with Crippen molar-refractivity contribution in [1.82, 2.24) is 10.4 Å². The van der Waals surface area contributed by atoms with Crippen molar-refractivity contribution in [2.75, 3.05) is 10.1 Å². The van der Waals surface area contributed by atoms with Crippen LogP contribution in [0.15, 0.2) is 60.7 Å². The molecule has 3 aromatic carbocycles. The zero-order valence-corrected chi connectivity index (χ0v) is 22.4. The molecule has 3 aromatic rings. The topological polar surface area (TPSA) is 122 Å². The Bertz CT molecular complexity index is 1410. The molecular formula is C28H32BN4O5-. The third-order valence-corrected chi connectivity index (χ3v) is 6.42. The van der Waals surface area contributed by atoms with E-state index in [0.717, 1.165) is 21.5 Å². The van der Waals surface area contributed by atoms with E-state index < -0.39 is 24.2 Å². The monoisotopic (exact) mass is 515 g/mol. The van der Waals surface area contributed by atoms with Gasteiger partial charge in [-0.3, -0.25) is 19.8 Å². The van der Waals surface area contributed by atoms with E-state index >= 15 is 0 Å². The zero-order chi connectivity index (χ0) is 28.0. The number of benzene rings is 3. The molecule has 4 rings (SSSR count). The lowest BCUT2D eigenvalue weighted by Gasteiger charge is -2.47. The van der Waals surface area contributed by atoms with Gasteiger partial charge in [-0.25, -0.2) is 5.01 Å². The molecule has 38 heavy (non-hydrogen) atoms. The van der Waals surface area contributed by atoms with Gasteiger partial charge in [0.2, 0.25) is 0 Å². The van der Waals surface area contributed by atoms with Crippen LogP contribution in [0.1, 0.15) is 58.2 Å². The first-order chi connectivity index (χ1) is 17.7. The number of carbonyl (C=O) groups excluding carboxylic acids is 3. The first-order valence-electron chi connectivity index (χ1n) is 12.3. The summed E-state index contributed by atoms with van der Waals surface area (Å²) in [5, 5.41) is 26.0. The van der Waals surface area contributed by atoms with E-state index in [9.17, 15) is 24.4 Å². The molecule has 0 aliphatic carbocycles. The van der Waals surface area contributed by atoms with E-state index in [1.807, 2.05) is 26.8 Å². The lowest BCUT2D eigenvalue weighted by atomic mass is 9.60. The maximum Gasteiger partial charge on any atom is 0.380 e. The highest BCUT2D eigenvalue weighted by atomic mass is 16.4. The number of rotatable bonds is 3. The number of hydrogen-bond donors (Lipinski definition) is 4. The van der Waals surface area contributed by atoms with Crippen LogP contribution in [0, 0.1) is 20.8 Å². The Morgan fingerprint density at radius 1 is 0.868 bits per heavy atom. The highest BCUT2D eigenvalue weighted by molar-refractivity contribution is 6.87. The number of nitrogens with one attached hydrogen (secondary N) is 2. The van der Waals surface area contributed by atoms with E-state index in [-0.39, 0.29) is 22.6 Å². The molecule has 0 spiro atoms. The summed E-state index contributed by atoms with van der Waals surface area (Å²) < 4.78 is 0. The maximum atomic E-state index is 13.4. The van der Waals surface area contributed by atoms with Gasteiger partial charge in [0.25, 0.3) is 17.8 Å². The minimum atomic E-state index is -3.45. The Labute approximate surface area is 222 Å². The lowest BCUT2D eigenvalue weighted by molar-refractivity contribution is 0.0358. The first kappa shape index (κ1) is 26.9. The second kappa shape index (κ2) is 9.62. The normalized spacial score (nSPS) is 14.4. The molecule has 0 bridgehead atoms. The second-order valence-corrected chi connectivity index (χ2v) is 10.8. The molecule has 10 heteroatoms. The standard InChI is InChI=1S/C28H32BN4O5/c1-17-7-10-22(11-8-17)32-27(36)30-24-16-20(9-12-23(24)29(32,37)38)25(34)31-33(28(4,5)6)26(35)21-14-18(2)13-19(3)15-21/h7-16,37-38H,1-6H3,(H,30,36)(H,31,34)/q-1. The van der Waals surface area contributed by atoms with Crippen LogP contribution in [0.5, 0.6) is 0 Å². The lowest BCUT2D eigenvalue weighted by Crippen LogP contribution is -2.70. The molecule has 0 aromatic heterocycles. The molecule has 0 fully saturated rings. The number of hydrogen-bond acceptors (Lipinski definition) is 5. The Morgan fingerprint density at radius 3 is 2.05 bits per heavy atom. The summed E-state index contributed by atoms with van der Waals surface area (Å²) in [4.78, 5) is 40.5. The predicted molar refractivity (Wildman–Crippen MR) is 148 cm³/mol. The average molecular weight is 515 g/mol. The fraction of sp³-hybridized carbons (Fsp3) is 0.250. The number of urea groups is 1. The number of aryl methyl sites for hydroxylation is 3. The molecule has 0 saturated heterocycles. The minimum Gasteiger partial charge on any atom is -0.561 e. The van der Waals surface area contributed by atoms with Gasteiger partial charge < -0.3 is 20.2 Å². The molecule has 1 heterocycles. The van der Waals surface area contributed by atoms with Gasteiger partial charge in [0.15, 0.2) is 0 Å². The van der Waals surface area contributed by atoms with Crippen LogP contribution >= 0.6 is 0 Å². The Hall–Kier alpha value is -4.15.